The van der Waals surface area contributed by atoms with Crippen LogP contribution in [-0.2, 0) is 20.0 Å². The summed E-state index contributed by atoms with van der Waals surface area (Å²) in [5.41, 5.74) is 2.87. The maximum absolute atomic E-state index is 5.67. The summed E-state index contributed by atoms with van der Waals surface area (Å²) in [6, 6.07) is 6.10. The minimum atomic E-state index is 0.659. The lowest BCUT2D eigenvalue weighted by molar-refractivity contribution is 0.476. The monoisotopic (exact) mass is 270 g/mol. The van der Waals surface area contributed by atoms with E-state index in [1.54, 1.807) is 4.68 Å². The first kappa shape index (κ1) is 12.7. The first-order valence-corrected chi connectivity index (χ1v) is 6.78. The molecular weight excluding hydrogens is 252 g/mol. The van der Waals surface area contributed by atoms with Gasteiger partial charge in [0.05, 0.1) is 24.1 Å². The fourth-order valence-electron chi connectivity index (χ4n) is 2.30. The van der Waals surface area contributed by atoms with Crippen molar-refractivity contribution >= 4 is 16.7 Å². The predicted octanol–water partition coefficient (Wildman–Crippen LogP) is 3.04. The highest BCUT2D eigenvalue weighted by molar-refractivity contribution is 5.81. The van der Waals surface area contributed by atoms with Crippen LogP contribution in [0.5, 0.6) is 0 Å². The maximum atomic E-state index is 5.67. The summed E-state index contributed by atoms with van der Waals surface area (Å²) in [6.45, 7) is 4.74. The summed E-state index contributed by atoms with van der Waals surface area (Å²) < 4.78 is 7.47. The first-order chi connectivity index (χ1) is 9.67. The van der Waals surface area contributed by atoms with Crippen molar-refractivity contribution in [1.82, 2.24) is 14.8 Å². The molecule has 0 radical (unpaired) electrons. The summed E-state index contributed by atoms with van der Waals surface area (Å²) in [5.74, 6) is 1.95. The Kier molecular flexibility index (Phi) is 3.18. The number of hydrogen-bond acceptors (Lipinski definition) is 4. The Morgan fingerprint density at radius 2 is 2.10 bits per heavy atom. The molecule has 5 nitrogen and oxygen atoms in total. The van der Waals surface area contributed by atoms with Crippen LogP contribution in [-0.4, -0.2) is 14.8 Å². The van der Waals surface area contributed by atoms with Crippen LogP contribution in [0.3, 0.4) is 0 Å². The number of nitrogens with zero attached hydrogens (tertiary/aromatic N) is 3. The van der Waals surface area contributed by atoms with E-state index in [0.717, 1.165) is 40.4 Å². The molecule has 3 rings (SSSR count). The maximum Gasteiger partial charge on any atom is 0.157 e. The Balaban J connectivity index is 1.79. The molecule has 0 unspecified atom stereocenters. The van der Waals surface area contributed by atoms with E-state index in [1.807, 2.05) is 32.3 Å². The molecule has 3 heterocycles. The number of furan rings is 1. The van der Waals surface area contributed by atoms with Gasteiger partial charge in [0.25, 0.3) is 0 Å². The van der Waals surface area contributed by atoms with Gasteiger partial charge in [-0.2, -0.15) is 5.10 Å². The van der Waals surface area contributed by atoms with E-state index in [9.17, 15) is 0 Å². The van der Waals surface area contributed by atoms with Gasteiger partial charge in [0.15, 0.2) is 5.65 Å². The normalized spacial score (nSPS) is 11.2. The van der Waals surface area contributed by atoms with Crippen LogP contribution in [0.25, 0.3) is 11.0 Å². The average molecular weight is 270 g/mol. The second-order valence-electron chi connectivity index (χ2n) is 4.88. The molecule has 20 heavy (non-hydrogen) atoms. The number of fused-ring (bicyclic) bond motifs is 1. The van der Waals surface area contributed by atoms with Gasteiger partial charge in [0, 0.05) is 18.9 Å². The van der Waals surface area contributed by atoms with Gasteiger partial charge in [-0.05, 0) is 25.1 Å². The van der Waals surface area contributed by atoms with Crippen molar-refractivity contribution < 1.29 is 4.42 Å². The van der Waals surface area contributed by atoms with E-state index in [-0.39, 0.29) is 0 Å². The quantitative estimate of drug-likeness (QED) is 0.791. The lowest BCUT2D eigenvalue weighted by atomic mass is 10.2. The van der Waals surface area contributed by atoms with E-state index < -0.39 is 0 Å². The van der Waals surface area contributed by atoms with E-state index >= 15 is 0 Å². The Bertz CT molecular complexity index is 741. The van der Waals surface area contributed by atoms with Crippen LogP contribution in [0.2, 0.25) is 0 Å². The summed E-state index contributed by atoms with van der Waals surface area (Å²) >= 11 is 0. The molecule has 5 heteroatoms. The Morgan fingerprint density at radius 3 is 2.85 bits per heavy atom. The number of aromatic nitrogens is 3. The molecule has 0 saturated carbocycles. The zero-order chi connectivity index (χ0) is 14.1. The fourth-order valence-corrected chi connectivity index (χ4v) is 2.30. The third-order valence-electron chi connectivity index (χ3n) is 3.40. The number of pyridine rings is 1. The number of hydrogen-bond donors (Lipinski definition) is 1. The molecule has 0 bridgehead atoms. The van der Waals surface area contributed by atoms with Gasteiger partial charge in [0.1, 0.15) is 11.5 Å². The van der Waals surface area contributed by atoms with E-state index in [1.165, 1.54) is 0 Å². The van der Waals surface area contributed by atoms with Crippen molar-refractivity contribution in [2.45, 2.75) is 26.8 Å². The van der Waals surface area contributed by atoms with Gasteiger partial charge in [0.2, 0.25) is 0 Å². The van der Waals surface area contributed by atoms with Crippen LogP contribution in [0.1, 0.15) is 24.1 Å². The van der Waals surface area contributed by atoms with Crippen molar-refractivity contribution in [2.24, 2.45) is 7.05 Å². The number of nitrogens with one attached hydrogen (secondary N) is 1. The number of rotatable bonds is 4. The zero-order valence-corrected chi connectivity index (χ0v) is 12.0. The molecule has 0 fully saturated rings. The smallest absolute Gasteiger partial charge is 0.157 e. The molecule has 0 atom stereocenters. The van der Waals surface area contributed by atoms with Gasteiger partial charge in [-0.25, -0.2) is 4.98 Å². The molecule has 3 aromatic heterocycles. The second kappa shape index (κ2) is 5.00. The molecule has 1 N–H and O–H groups in total. The highest BCUT2D eigenvalue weighted by Crippen LogP contribution is 2.20. The highest BCUT2D eigenvalue weighted by atomic mass is 16.3. The summed E-state index contributed by atoms with van der Waals surface area (Å²) in [7, 11) is 1.91. The Hall–Kier alpha value is -2.30. The lowest BCUT2D eigenvalue weighted by Crippen LogP contribution is -1.99. The molecule has 3 aromatic rings. The summed E-state index contributed by atoms with van der Waals surface area (Å²) in [5, 5.41) is 8.78. The van der Waals surface area contributed by atoms with Crippen LogP contribution in [0.15, 0.2) is 28.8 Å². The first-order valence-electron chi connectivity index (χ1n) is 6.78. The van der Waals surface area contributed by atoms with Crippen LogP contribution < -0.4 is 5.32 Å². The molecule has 0 aliphatic carbocycles. The van der Waals surface area contributed by atoms with Crippen molar-refractivity contribution in [3.05, 3.63) is 41.6 Å². The van der Waals surface area contributed by atoms with Crippen molar-refractivity contribution in [3.8, 4) is 0 Å². The third-order valence-corrected chi connectivity index (χ3v) is 3.40. The lowest BCUT2D eigenvalue weighted by Gasteiger charge is -2.04. The molecular formula is C15H18N4O. The molecule has 0 aliphatic rings. The van der Waals surface area contributed by atoms with Gasteiger partial charge in [-0.15, -0.1) is 0 Å². The molecule has 0 saturated heterocycles. The molecule has 104 valence electrons. The molecule has 0 aromatic carbocycles. The Labute approximate surface area is 117 Å². The van der Waals surface area contributed by atoms with E-state index in [4.69, 9.17) is 4.42 Å². The topological polar surface area (TPSA) is 55.9 Å². The minimum absolute atomic E-state index is 0.659. The fraction of sp³-hybridized carbons (Fsp3) is 0.333. The van der Waals surface area contributed by atoms with Crippen LogP contribution >= 0.6 is 0 Å². The number of aryl methyl sites for hydroxylation is 3. The predicted molar refractivity (Wildman–Crippen MR) is 78.7 cm³/mol. The highest BCUT2D eigenvalue weighted by Gasteiger charge is 2.07. The van der Waals surface area contributed by atoms with Gasteiger partial charge >= 0.3 is 0 Å². The van der Waals surface area contributed by atoms with Gasteiger partial charge in [-0.3, -0.25) is 4.68 Å². The SMILES string of the molecule is CCc1ccc(CNc2cnc3c(c2)c(C)nn3C)o1. The van der Waals surface area contributed by atoms with Crippen LogP contribution in [0, 0.1) is 6.92 Å². The van der Waals surface area contributed by atoms with Crippen molar-refractivity contribution in [1.29, 1.82) is 0 Å². The standard InChI is InChI=1S/C15H18N4O/c1-4-12-5-6-13(20-12)9-16-11-7-14-10(2)18-19(3)15(14)17-8-11/h5-8,16H,4,9H2,1-3H3. The summed E-state index contributed by atoms with van der Waals surface area (Å²) in [4.78, 5) is 4.44. The molecule has 0 spiro atoms. The summed E-state index contributed by atoms with van der Waals surface area (Å²) in [6.07, 6.45) is 2.75. The largest absolute Gasteiger partial charge is 0.464 e. The average Bonchev–Trinajstić information content (AvgIpc) is 3.02. The third kappa shape index (κ3) is 2.27. The van der Waals surface area contributed by atoms with Crippen LogP contribution in [0.4, 0.5) is 5.69 Å². The number of anilines is 1. The van der Waals surface area contributed by atoms with Crippen molar-refractivity contribution in [3.63, 3.8) is 0 Å². The minimum Gasteiger partial charge on any atom is -0.464 e. The van der Waals surface area contributed by atoms with E-state index in [0.29, 0.717) is 6.54 Å². The van der Waals surface area contributed by atoms with Gasteiger partial charge in [-0.1, -0.05) is 6.92 Å². The zero-order valence-electron chi connectivity index (χ0n) is 12.0. The Morgan fingerprint density at radius 1 is 1.30 bits per heavy atom. The molecule has 0 aliphatic heterocycles. The van der Waals surface area contributed by atoms with Crippen molar-refractivity contribution in [2.75, 3.05) is 5.32 Å². The van der Waals surface area contributed by atoms with Gasteiger partial charge < -0.3 is 9.73 Å². The van der Waals surface area contributed by atoms with E-state index in [2.05, 4.69) is 28.4 Å². The molecule has 0 amide bonds. The second-order valence-corrected chi connectivity index (χ2v) is 4.88.